The molecule has 0 spiro atoms. The van der Waals surface area contributed by atoms with Gasteiger partial charge in [-0.15, -0.1) is 11.3 Å². The lowest BCUT2D eigenvalue weighted by molar-refractivity contribution is 0.0697. The number of carboxylic acid groups (broad SMARTS) is 1. The third kappa shape index (κ3) is 2.25. The van der Waals surface area contributed by atoms with Crippen LogP contribution in [0.5, 0.6) is 0 Å². The summed E-state index contributed by atoms with van der Waals surface area (Å²) in [5.41, 5.74) is 1.46. The molecule has 0 atom stereocenters. The third-order valence-corrected chi connectivity index (χ3v) is 3.11. The molecule has 2 rings (SSSR count). The fourth-order valence-electron chi connectivity index (χ4n) is 1.36. The van der Waals surface area contributed by atoms with Gasteiger partial charge in [0.05, 0.1) is 5.56 Å². The largest absolute Gasteiger partial charge is 0.478 e. The Hall–Kier alpha value is -1.61. The van der Waals surface area contributed by atoms with E-state index in [-0.39, 0.29) is 0 Å². The van der Waals surface area contributed by atoms with Crippen molar-refractivity contribution >= 4 is 22.9 Å². The summed E-state index contributed by atoms with van der Waals surface area (Å²) in [6, 6.07) is 1.72. The normalized spacial score (nSPS) is 14.8. The van der Waals surface area contributed by atoms with Crippen molar-refractivity contribution in [1.29, 1.82) is 0 Å². The van der Waals surface area contributed by atoms with E-state index in [0.29, 0.717) is 5.56 Å². The lowest BCUT2D eigenvalue weighted by Gasteiger charge is -1.95. The highest BCUT2D eigenvalue weighted by atomic mass is 32.1. The summed E-state index contributed by atoms with van der Waals surface area (Å²) >= 11 is 1.47. The molecule has 0 saturated carbocycles. The van der Waals surface area contributed by atoms with Crippen LogP contribution in [0.25, 0.3) is 5.57 Å². The molecule has 1 heterocycles. The number of carbonyl (C=O) groups is 1. The summed E-state index contributed by atoms with van der Waals surface area (Å²) in [7, 11) is 0. The summed E-state index contributed by atoms with van der Waals surface area (Å²) in [6.45, 7) is 0. The van der Waals surface area contributed by atoms with Gasteiger partial charge in [0.25, 0.3) is 0 Å². The minimum Gasteiger partial charge on any atom is -0.478 e. The number of thiophene rings is 1. The minimum absolute atomic E-state index is 0.363. The number of rotatable bonds is 2. The molecule has 0 bridgehead atoms. The maximum atomic E-state index is 10.7. The Morgan fingerprint density at radius 3 is 3.00 bits per heavy atom. The van der Waals surface area contributed by atoms with Crippen molar-refractivity contribution in [2.24, 2.45) is 0 Å². The van der Waals surface area contributed by atoms with Crippen LogP contribution in [0.1, 0.15) is 21.7 Å². The van der Waals surface area contributed by atoms with Gasteiger partial charge in [0, 0.05) is 10.3 Å². The van der Waals surface area contributed by atoms with E-state index in [0.717, 1.165) is 16.9 Å². The molecule has 1 aliphatic carbocycles. The summed E-state index contributed by atoms with van der Waals surface area (Å²) in [5, 5.41) is 10.5. The topological polar surface area (TPSA) is 37.3 Å². The van der Waals surface area contributed by atoms with Gasteiger partial charge >= 0.3 is 5.97 Å². The molecule has 2 nitrogen and oxygen atoms in total. The molecule has 0 saturated heterocycles. The summed E-state index contributed by atoms with van der Waals surface area (Å²) in [6.07, 6.45) is 11.0. The van der Waals surface area contributed by atoms with Gasteiger partial charge < -0.3 is 5.11 Å². The fraction of sp³-hybridized carbons (Fsp3) is 0.0833. The molecule has 15 heavy (non-hydrogen) atoms. The maximum absolute atomic E-state index is 10.7. The lowest BCUT2D eigenvalue weighted by atomic mass is 10.1. The van der Waals surface area contributed by atoms with E-state index in [1.165, 1.54) is 11.3 Å². The minimum atomic E-state index is -0.867. The van der Waals surface area contributed by atoms with E-state index in [1.54, 1.807) is 11.4 Å². The maximum Gasteiger partial charge on any atom is 0.336 e. The van der Waals surface area contributed by atoms with Crippen molar-refractivity contribution in [3.05, 3.63) is 52.3 Å². The second-order valence-electron chi connectivity index (χ2n) is 3.19. The molecule has 1 aromatic heterocycles. The van der Waals surface area contributed by atoms with Gasteiger partial charge in [-0.1, -0.05) is 30.4 Å². The zero-order chi connectivity index (χ0) is 10.7. The van der Waals surface area contributed by atoms with E-state index >= 15 is 0 Å². The van der Waals surface area contributed by atoms with Crippen molar-refractivity contribution in [2.45, 2.75) is 6.42 Å². The predicted molar refractivity (Wildman–Crippen MR) is 62.2 cm³/mol. The van der Waals surface area contributed by atoms with E-state index in [2.05, 4.69) is 12.2 Å². The molecule has 0 fully saturated rings. The summed E-state index contributed by atoms with van der Waals surface area (Å²) in [5.74, 6) is -0.867. The number of carboxylic acids is 1. The van der Waals surface area contributed by atoms with Crippen LogP contribution in [0.2, 0.25) is 0 Å². The summed E-state index contributed by atoms with van der Waals surface area (Å²) in [4.78, 5) is 11.7. The van der Waals surface area contributed by atoms with Gasteiger partial charge in [-0.05, 0) is 18.1 Å². The Kier molecular flexibility index (Phi) is 2.83. The number of hydrogen-bond acceptors (Lipinski definition) is 2. The van der Waals surface area contributed by atoms with Crippen molar-refractivity contribution in [3.8, 4) is 0 Å². The second kappa shape index (κ2) is 4.28. The first-order valence-corrected chi connectivity index (χ1v) is 5.51. The van der Waals surface area contributed by atoms with Crippen LogP contribution in [0.3, 0.4) is 0 Å². The molecule has 1 N–H and O–H groups in total. The first kappa shape index (κ1) is 9.93. The average Bonchev–Trinajstić information content (AvgIpc) is 2.55. The van der Waals surface area contributed by atoms with Crippen LogP contribution >= 0.6 is 11.3 Å². The fourth-order valence-corrected chi connectivity index (χ4v) is 2.27. The smallest absolute Gasteiger partial charge is 0.336 e. The van der Waals surface area contributed by atoms with Crippen LogP contribution in [0.15, 0.2) is 41.8 Å². The van der Waals surface area contributed by atoms with Gasteiger partial charge in [-0.25, -0.2) is 4.79 Å². The summed E-state index contributed by atoms with van der Waals surface area (Å²) < 4.78 is 0. The Balaban J connectivity index is 2.29. The van der Waals surface area contributed by atoms with Gasteiger partial charge in [0.1, 0.15) is 0 Å². The average molecular weight is 218 g/mol. The van der Waals surface area contributed by atoms with Gasteiger partial charge in [-0.2, -0.15) is 0 Å². The van der Waals surface area contributed by atoms with Crippen LogP contribution in [0.4, 0.5) is 0 Å². The van der Waals surface area contributed by atoms with Gasteiger partial charge in [-0.3, -0.25) is 0 Å². The quantitative estimate of drug-likeness (QED) is 0.826. The molecular weight excluding hydrogens is 208 g/mol. The van der Waals surface area contributed by atoms with Gasteiger partial charge in [0.15, 0.2) is 0 Å². The highest BCUT2D eigenvalue weighted by Crippen LogP contribution is 2.25. The molecule has 0 radical (unpaired) electrons. The monoisotopic (exact) mass is 218 g/mol. The van der Waals surface area contributed by atoms with Crippen molar-refractivity contribution < 1.29 is 9.90 Å². The highest BCUT2D eigenvalue weighted by molar-refractivity contribution is 7.11. The molecule has 0 unspecified atom stereocenters. The zero-order valence-electron chi connectivity index (χ0n) is 8.01. The Morgan fingerprint density at radius 2 is 2.27 bits per heavy atom. The molecule has 1 aromatic rings. The molecule has 0 amide bonds. The van der Waals surface area contributed by atoms with E-state index < -0.39 is 5.97 Å². The van der Waals surface area contributed by atoms with Crippen molar-refractivity contribution in [1.82, 2.24) is 0 Å². The number of allylic oxidation sites excluding steroid dienone is 6. The highest BCUT2D eigenvalue weighted by Gasteiger charge is 2.08. The zero-order valence-corrected chi connectivity index (χ0v) is 8.83. The SMILES string of the molecule is O=C(O)c1csc(C2=CCC=CC=C2)c1. The molecule has 0 aromatic carbocycles. The second-order valence-corrected chi connectivity index (χ2v) is 4.10. The van der Waals surface area contributed by atoms with Crippen LogP contribution in [-0.2, 0) is 0 Å². The predicted octanol–water partition coefficient (Wildman–Crippen LogP) is 3.35. The Labute approximate surface area is 91.9 Å². The first-order valence-electron chi connectivity index (χ1n) is 4.63. The molecule has 0 aliphatic heterocycles. The number of hydrogen-bond donors (Lipinski definition) is 1. The van der Waals surface area contributed by atoms with Crippen LogP contribution < -0.4 is 0 Å². The third-order valence-electron chi connectivity index (χ3n) is 2.13. The van der Waals surface area contributed by atoms with Crippen LogP contribution in [-0.4, -0.2) is 11.1 Å². The van der Waals surface area contributed by atoms with Crippen molar-refractivity contribution in [3.63, 3.8) is 0 Å². The Morgan fingerprint density at radius 1 is 1.40 bits per heavy atom. The molecular formula is C12H10O2S. The first-order chi connectivity index (χ1) is 7.27. The van der Waals surface area contributed by atoms with E-state index in [9.17, 15) is 4.79 Å². The Bertz CT molecular complexity index is 464. The van der Waals surface area contributed by atoms with Crippen molar-refractivity contribution in [2.75, 3.05) is 0 Å². The standard InChI is InChI=1S/C12H10O2S/c13-12(14)10-7-11(15-8-10)9-5-3-1-2-4-6-9/h1-3,5-8H,4H2,(H,13,14). The lowest BCUT2D eigenvalue weighted by Crippen LogP contribution is -1.91. The molecule has 76 valence electrons. The number of aromatic carboxylic acids is 1. The van der Waals surface area contributed by atoms with Crippen LogP contribution in [0, 0.1) is 0 Å². The molecule has 3 heteroatoms. The van der Waals surface area contributed by atoms with E-state index in [1.807, 2.05) is 18.2 Å². The molecule has 1 aliphatic rings. The van der Waals surface area contributed by atoms with Gasteiger partial charge in [0.2, 0.25) is 0 Å². The van der Waals surface area contributed by atoms with E-state index in [4.69, 9.17) is 5.11 Å².